The third-order valence-electron chi connectivity index (χ3n) is 5.64. The number of aryl methyl sites for hydroxylation is 1. The standard InChI is InChI=1S/C25H24N4O3/c1-15-10-24-27-19(13-21(30)18-5-7-23(26-14-18)25(2,3)31)12-20(29(24)28-15)16-4-6-22-17(11-16)8-9-32-22/h4-7,10-12,14,31H,8-9,13H2,1-3H3. The molecule has 4 aromatic rings. The van der Waals surface area contributed by atoms with Gasteiger partial charge in [0.05, 0.1) is 35.8 Å². The van der Waals surface area contributed by atoms with Crippen LogP contribution in [0.2, 0.25) is 0 Å². The van der Waals surface area contributed by atoms with Crippen LogP contribution >= 0.6 is 0 Å². The third kappa shape index (κ3) is 3.76. The molecule has 7 nitrogen and oxygen atoms in total. The average molecular weight is 428 g/mol. The summed E-state index contributed by atoms with van der Waals surface area (Å²) in [4.78, 5) is 21.9. The number of pyridine rings is 1. The quantitative estimate of drug-likeness (QED) is 0.488. The van der Waals surface area contributed by atoms with Crippen molar-refractivity contribution in [2.24, 2.45) is 0 Å². The van der Waals surface area contributed by atoms with E-state index in [2.05, 4.69) is 21.1 Å². The molecule has 0 atom stereocenters. The van der Waals surface area contributed by atoms with Gasteiger partial charge in [-0.1, -0.05) is 0 Å². The first-order valence-corrected chi connectivity index (χ1v) is 10.6. The predicted octanol–water partition coefficient (Wildman–Crippen LogP) is 3.69. The lowest BCUT2D eigenvalue weighted by Crippen LogP contribution is -2.18. The van der Waals surface area contributed by atoms with Gasteiger partial charge in [0.15, 0.2) is 11.4 Å². The molecular formula is C25H24N4O3. The van der Waals surface area contributed by atoms with E-state index in [0.717, 1.165) is 29.1 Å². The van der Waals surface area contributed by atoms with Crippen LogP contribution in [0.15, 0.2) is 48.7 Å². The highest BCUT2D eigenvalue weighted by atomic mass is 16.5. The molecule has 0 saturated carbocycles. The Morgan fingerprint density at radius 1 is 1.19 bits per heavy atom. The summed E-state index contributed by atoms with van der Waals surface area (Å²) < 4.78 is 7.45. The fourth-order valence-corrected chi connectivity index (χ4v) is 3.97. The molecule has 0 spiro atoms. The van der Waals surface area contributed by atoms with Crippen LogP contribution in [-0.4, -0.2) is 37.1 Å². The number of aliphatic hydroxyl groups is 1. The zero-order chi connectivity index (χ0) is 22.5. The topological polar surface area (TPSA) is 89.6 Å². The minimum Gasteiger partial charge on any atom is -0.493 e. The summed E-state index contributed by atoms with van der Waals surface area (Å²) in [6.07, 6.45) is 2.54. The number of rotatable bonds is 5. The number of carbonyl (C=O) groups is 1. The first-order chi connectivity index (χ1) is 15.3. The highest BCUT2D eigenvalue weighted by Gasteiger charge is 2.20. The molecule has 0 unspecified atom stereocenters. The van der Waals surface area contributed by atoms with E-state index in [9.17, 15) is 9.90 Å². The first kappa shape index (κ1) is 20.3. The molecule has 0 radical (unpaired) electrons. The normalized spacial score (nSPS) is 13.2. The van der Waals surface area contributed by atoms with Crippen LogP contribution in [-0.2, 0) is 18.4 Å². The van der Waals surface area contributed by atoms with E-state index in [0.29, 0.717) is 29.2 Å². The Bertz CT molecular complexity index is 1330. The molecule has 4 heterocycles. The molecule has 0 saturated heterocycles. The van der Waals surface area contributed by atoms with E-state index >= 15 is 0 Å². The van der Waals surface area contributed by atoms with Gasteiger partial charge in [0.1, 0.15) is 11.4 Å². The summed E-state index contributed by atoms with van der Waals surface area (Å²) in [5.74, 6) is 0.842. The lowest BCUT2D eigenvalue weighted by atomic mass is 10.0. The number of nitrogens with zero attached hydrogens (tertiary/aromatic N) is 4. The summed E-state index contributed by atoms with van der Waals surface area (Å²) in [5.41, 5.74) is 5.25. The van der Waals surface area contributed by atoms with Gasteiger partial charge in [-0.15, -0.1) is 0 Å². The van der Waals surface area contributed by atoms with E-state index in [1.54, 1.807) is 26.0 Å². The van der Waals surface area contributed by atoms with Gasteiger partial charge in [-0.3, -0.25) is 9.78 Å². The highest BCUT2D eigenvalue weighted by molar-refractivity contribution is 5.97. The summed E-state index contributed by atoms with van der Waals surface area (Å²) >= 11 is 0. The molecule has 0 amide bonds. The van der Waals surface area contributed by atoms with Gasteiger partial charge in [0, 0.05) is 29.8 Å². The minimum absolute atomic E-state index is 0.0822. The maximum absolute atomic E-state index is 12.9. The second-order valence-corrected chi connectivity index (χ2v) is 8.70. The van der Waals surface area contributed by atoms with E-state index in [4.69, 9.17) is 4.74 Å². The first-order valence-electron chi connectivity index (χ1n) is 10.6. The average Bonchev–Trinajstić information content (AvgIpc) is 3.37. The van der Waals surface area contributed by atoms with Crippen LogP contribution in [0.4, 0.5) is 0 Å². The number of fused-ring (bicyclic) bond motifs is 2. The number of benzene rings is 1. The number of ketones is 1. The predicted molar refractivity (Wildman–Crippen MR) is 120 cm³/mol. The highest BCUT2D eigenvalue weighted by Crippen LogP contribution is 2.31. The lowest BCUT2D eigenvalue weighted by Gasteiger charge is -2.16. The molecule has 1 aromatic carbocycles. The number of aromatic nitrogens is 4. The largest absolute Gasteiger partial charge is 0.493 e. The van der Waals surface area contributed by atoms with Crippen molar-refractivity contribution in [1.29, 1.82) is 0 Å². The Balaban J connectivity index is 1.50. The Labute approximate surface area is 185 Å². The van der Waals surface area contributed by atoms with Gasteiger partial charge < -0.3 is 9.84 Å². The smallest absolute Gasteiger partial charge is 0.170 e. The van der Waals surface area contributed by atoms with Crippen LogP contribution in [0.1, 0.15) is 46.9 Å². The number of hydrogen-bond acceptors (Lipinski definition) is 6. The third-order valence-corrected chi connectivity index (χ3v) is 5.64. The van der Waals surface area contributed by atoms with Gasteiger partial charge in [-0.25, -0.2) is 9.50 Å². The molecule has 1 N–H and O–H groups in total. The number of hydrogen-bond donors (Lipinski definition) is 1. The Hall–Kier alpha value is -3.58. The molecular weight excluding hydrogens is 404 g/mol. The van der Waals surface area contributed by atoms with Crippen molar-refractivity contribution in [3.63, 3.8) is 0 Å². The molecule has 5 rings (SSSR count). The molecule has 1 aliphatic heterocycles. The van der Waals surface area contributed by atoms with Gasteiger partial charge in [0.25, 0.3) is 0 Å². The van der Waals surface area contributed by atoms with Gasteiger partial charge in [-0.2, -0.15) is 5.10 Å². The number of ether oxygens (including phenoxy) is 1. The number of Topliss-reactive ketones (excluding diaryl/α,β-unsaturated/α-hetero) is 1. The SMILES string of the molecule is Cc1cc2nc(CC(=O)c3ccc(C(C)(C)O)nc3)cc(-c3ccc4c(c3)CCO4)n2n1. The molecule has 0 bridgehead atoms. The van der Waals surface area contributed by atoms with Gasteiger partial charge in [-0.05, 0) is 62.7 Å². The van der Waals surface area contributed by atoms with Gasteiger partial charge >= 0.3 is 0 Å². The van der Waals surface area contributed by atoms with E-state index in [-0.39, 0.29) is 12.2 Å². The fraction of sp³-hybridized carbons (Fsp3) is 0.280. The fourth-order valence-electron chi connectivity index (χ4n) is 3.97. The van der Waals surface area contributed by atoms with Crippen molar-refractivity contribution in [3.8, 4) is 17.0 Å². The maximum atomic E-state index is 12.9. The van der Waals surface area contributed by atoms with Crippen molar-refractivity contribution in [3.05, 3.63) is 76.9 Å². The van der Waals surface area contributed by atoms with Crippen LogP contribution in [0.25, 0.3) is 16.9 Å². The van der Waals surface area contributed by atoms with E-state index < -0.39 is 5.60 Å². The van der Waals surface area contributed by atoms with Crippen molar-refractivity contribution < 1.29 is 14.6 Å². The second kappa shape index (κ2) is 7.53. The molecule has 162 valence electrons. The lowest BCUT2D eigenvalue weighted by molar-refractivity contribution is 0.0737. The van der Waals surface area contributed by atoms with Crippen molar-refractivity contribution in [2.45, 2.75) is 39.2 Å². The Morgan fingerprint density at radius 2 is 2.03 bits per heavy atom. The van der Waals surface area contributed by atoms with Crippen LogP contribution in [0.3, 0.4) is 0 Å². The second-order valence-electron chi connectivity index (χ2n) is 8.70. The molecule has 0 fully saturated rings. The molecule has 1 aliphatic rings. The molecule has 3 aromatic heterocycles. The zero-order valence-electron chi connectivity index (χ0n) is 18.3. The van der Waals surface area contributed by atoms with Crippen LogP contribution in [0, 0.1) is 6.92 Å². The summed E-state index contributed by atoms with van der Waals surface area (Å²) in [5, 5.41) is 14.7. The van der Waals surface area contributed by atoms with Crippen LogP contribution in [0.5, 0.6) is 5.75 Å². The van der Waals surface area contributed by atoms with Gasteiger partial charge in [0.2, 0.25) is 0 Å². The minimum atomic E-state index is -1.05. The van der Waals surface area contributed by atoms with E-state index in [1.165, 1.54) is 11.8 Å². The number of carbonyl (C=O) groups excluding carboxylic acids is 1. The summed E-state index contributed by atoms with van der Waals surface area (Å²) in [7, 11) is 0. The monoisotopic (exact) mass is 428 g/mol. The molecule has 7 heteroatoms. The van der Waals surface area contributed by atoms with Crippen molar-refractivity contribution >= 4 is 11.4 Å². The Morgan fingerprint density at radius 3 is 2.78 bits per heavy atom. The summed E-state index contributed by atoms with van der Waals surface area (Å²) in [6, 6.07) is 13.3. The molecule has 32 heavy (non-hydrogen) atoms. The van der Waals surface area contributed by atoms with Crippen molar-refractivity contribution in [1.82, 2.24) is 19.6 Å². The van der Waals surface area contributed by atoms with Crippen LogP contribution < -0.4 is 4.74 Å². The Kier molecular flexibility index (Phi) is 4.78. The molecule has 0 aliphatic carbocycles. The maximum Gasteiger partial charge on any atom is 0.170 e. The summed E-state index contributed by atoms with van der Waals surface area (Å²) in [6.45, 7) is 5.95. The van der Waals surface area contributed by atoms with E-state index in [1.807, 2.05) is 35.7 Å². The zero-order valence-corrected chi connectivity index (χ0v) is 18.3. The van der Waals surface area contributed by atoms with Crippen molar-refractivity contribution in [2.75, 3.05) is 6.61 Å².